The summed E-state index contributed by atoms with van der Waals surface area (Å²) in [4.78, 5) is 0. The predicted molar refractivity (Wildman–Crippen MR) is 88.0 cm³/mol. The highest BCUT2D eigenvalue weighted by molar-refractivity contribution is 5.34. The Morgan fingerprint density at radius 3 is 2.70 bits per heavy atom. The van der Waals surface area contributed by atoms with Gasteiger partial charge in [0.1, 0.15) is 0 Å². The smallest absolute Gasteiger partial charge is 0.0374 e. The van der Waals surface area contributed by atoms with Crippen LogP contribution in [-0.4, -0.2) is 6.54 Å². The predicted octanol–water partition coefficient (Wildman–Crippen LogP) is 5.12. The van der Waals surface area contributed by atoms with Gasteiger partial charge in [0.05, 0.1) is 0 Å². The highest BCUT2D eigenvalue weighted by atomic mass is 14.9. The molecule has 1 aliphatic rings. The molecule has 0 heterocycles. The molecule has 1 aromatic carbocycles. The minimum absolute atomic E-state index is 0.367. The molecular weight excluding hydrogens is 242 g/mol. The fourth-order valence-electron chi connectivity index (χ4n) is 3.38. The summed E-state index contributed by atoms with van der Waals surface area (Å²) in [5.41, 5.74) is 3.45. The summed E-state index contributed by atoms with van der Waals surface area (Å²) in [7, 11) is 0. The van der Waals surface area contributed by atoms with Gasteiger partial charge in [0.2, 0.25) is 0 Å². The van der Waals surface area contributed by atoms with E-state index in [9.17, 15) is 0 Å². The first-order valence-electron chi connectivity index (χ1n) is 8.32. The lowest BCUT2D eigenvalue weighted by Crippen LogP contribution is -2.38. The lowest BCUT2D eigenvalue weighted by atomic mass is 9.70. The Kier molecular flexibility index (Phi) is 5.26. The van der Waals surface area contributed by atoms with E-state index in [4.69, 9.17) is 0 Å². The maximum Gasteiger partial charge on any atom is 0.0374 e. The molecular formula is C19H31N. The maximum absolute atomic E-state index is 3.84. The minimum atomic E-state index is 0.367. The van der Waals surface area contributed by atoms with E-state index in [-0.39, 0.29) is 0 Å². The molecule has 2 rings (SSSR count). The number of nitrogens with one attached hydrogen (secondary N) is 1. The zero-order valence-electron chi connectivity index (χ0n) is 13.7. The van der Waals surface area contributed by atoms with Crippen LogP contribution in [0.25, 0.3) is 0 Å². The fourth-order valence-corrected chi connectivity index (χ4v) is 3.38. The minimum Gasteiger partial charge on any atom is -0.309 e. The second kappa shape index (κ2) is 6.76. The standard InChI is InChI=1S/C19H31N/c1-15(2)9-7-8-14-20-18-17-11-6-5-10-16(17)12-13-19(18,3)4/h5-6,10-11,15,18,20H,7-9,12-14H2,1-4H3. The van der Waals surface area contributed by atoms with Crippen LogP contribution in [-0.2, 0) is 6.42 Å². The Labute approximate surface area is 125 Å². The third kappa shape index (κ3) is 3.85. The zero-order valence-corrected chi connectivity index (χ0v) is 13.7. The van der Waals surface area contributed by atoms with Crippen molar-refractivity contribution in [3.8, 4) is 0 Å². The molecule has 0 spiro atoms. The molecule has 0 radical (unpaired) electrons. The van der Waals surface area contributed by atoms with Crippen LogP contribution in [0, 0.1) is 11.3 Å². The molecule has 0 amide bonds. The van der Waals surface area contributed by atoms with E-state index in [0.717, 1.165) is 12.5 Å². The summed E-state index contributed by atoms with van der Waals surface area (Å²) in [5, 5.41) is 3.84. The number of aryl methyl sites for hydroxylation is 1. The summed E-state index contributed by atoms with van der Waals surface area (Å²) < 4.78 is 0. The van der Waals surface area contributed by atoms with Crippen LogP contribution >= 0.6 is 0 Å². The van der Waals surface area contributed by atoms with Crippen LogP contribution < -0.4 is 5.32 Å². The van der Waals surface area contributed by atoms with E-state index in [2.05, 4.69) is 57.3 Å². The maximum atomic E-state index is 3.84. The van der Waals surface area contributed by atoms with Gasteiger partial charge in [-0.25, -0.2) is 0 Å². The summed E-state index contributed by atoms with van der Waals surface area (Å²) >= 11 is 0. The molecule has 1 heteroatoms. The van der Waals surface area contributed by atoms with E-state index in [0.29, 0.717) is 11.5 Å². The first kappa shape index (κ1) is 15.6. The van der Waals surface area contributed by atoms with Gasteiger partial charge in [-0.05, 0) is 48.3 Å². The first-order valence-corrected chi connectivity index (χ1v) is 8.32. The average molecular weight is 273 g/mol. The summed E-state index contributed by atoms with van der Waals surface area (Å²) in [6.45, 7) is 10.6. The van der Waals surface area contributed by atoms with Gasteiger partial charge in [0.15, 0.2) is 0 Å². The Morgan fingerprint density at radius 2 is 1.95 bits per heavy atom. The summed E-state index contributed by atoms with van der Waals surface area (Å²) in [5.74, 6) is 0.835. The van der Waals surface area contributed by atoms with E-state index in [1.165, 1.54) is 37.7 Å². The number of rotatable bonds is 6. The van der Waals surface area contributed by atoms with Crippen LogP contribution in [0.3, 0.4) is 0 Å². The number of benzene rings is 1. The topological polar surface area (TPSA) is 12.0 Å². The van der Waals surface area contributed by atoms with Crippen LogP contribution in [0.1, 0.15) is 70.5 Å². The van der Waals surface area contributed by atoms with Gasteiger partial charge in [-0.15, -0.1) is 0 Å². The Hall–Kier alpha value is -0.820. The molecule has 0 bridgehead atoms. The number of hydrogen-bond acceptors (Lipinski definition) is 1. The summed E-state index contributed by atoms with van der Waals surface area (Å²) in [6, 6.07) is 9.51. The van der Waals surface area contributed by atoms with Crippen molar-refractivity contribution in [3.05, 3.63) is 35.4 Å². The summed E-state index contributed by atoms with van der Waals surface area (Å²) in [6.07, 6.45) is 6.51. The van der Waals surface area contributed by atoms with Gasteiger partial charge < -0.3 is 5.32 Å². The van der Waals surface area contributed by atoms with E-state index < -0.39 is 0 Å². The molecule has 1 atom stereocenters. The molecule has 1 aromatic rings. The van der Waals surface area contributed by atoms with Crippen molar-refractivity contribution in [2.24, 2.45) is 11.3 Å². The van der Waals surface area contributed by atoms with Gasteiger partial charge in [0, 0.05) is 6.04 Å². The molecule has 0 saturated heterocycles. The third-order valence-electron chi connectivity index (χ3n) is 4.74. The van der Waals surface area contributed by atoms with Gasteiger partial charge in [0.25, 0.3) is 0 Å². The van der Waals surface area contributed by atoms with Crippen LogP contribution in [0.15, 0.2) is 24.3 Å². The fraction of sp³-hybridized carbons (Fsp3) is 0.684. The third-order valence-corrected chi connectivity index (χ3v) is 4.74. The molecule has 0 aromatic heterocycles. The zero-order chi connectivity index (χ0) is 14.6. The lowest BCUT2D eigenvalue weighted by Gasteiger charge is -2.40. The van der Waals surface area contributed by atoms with Crippen molar-refractivity contribution in [1.82, 2.24) is 5.32 Å². The van der Waals surface area contributed by atoms with Crippen molar-refractivity contribution >= 4 is 0 Å². The molecule has 0 fully saturated rings. The highest BCUT2D eigenvalue weighted by Crippen LogP contribution is 2.43. The van der Waals surface area contributed by atoms with E-state index in [1.807, 2.05) is 0 Å². The van der Waals surface area contributed by atoms with Crippen LogP contribution in [0.5, 0.6) is 0 Å². The SMILES string of the molecule is CC(C)CCCCNC1c2ccccc2CCC1(C)C. The monoisotopic (exact) mass is 273 g/mol. The average Bonchev–Trinajstić information content (AvgIpc) is 2.40. The second-order valence-corrected chi connectivity index (χ2v) is 7.46. The van der Waals surface area contributed by atoms with E-state index in [1.54, 1.807) is 5.56 Å². The van der Waals surface area contributed by atoms with Gasteiger partial charge >= 0.3 is 0 Å². The van der Waals surface area contributed by atoms with Gasteiger partial charge in [-0.2, -0.15) is 0 Å². The van der Waals surface area contributed by atoms with Crippen molar-refractivity contribution in [2.45, 2.75) is 65.8 Å². The number of unbranched alkanes of at least 4 members (excludes halogenated alkanes) is 1. The number of fused-ring (bicyclic) bond motifs is 1. The molecule has 1 nitrogen and oxygen atoms in total. The van der Waals surface area contributed by atoms with Crippen LogP contribution in [0.4, 0.5) is 0 Å². The van der Waals surface area contributed by atoms with Crippen molar-refractivity contribution < 1.29 is 0 Å². The van der Waals surface area contributed by atoms with Crippen molar-refractivity contribution in [3.63, 3.8) is 0 Å². The highest BCUT2D eigenvalue weighted by Gasteiger charge is 2.34. The van der Waals surface area contributed by atoms with Crippen molar-refractivity contribution in [1.29, 1.82) is 0 Å². The molecule has 1 unspecified atom stereocenters. The Morgan fingerprint density at radius 1 is 1.20 bits per heavy atom. The molecule has 1 aliphatic carbocycles. The normalized spacial score (nSPS) is 20.9. The second-order valence-electron chi connectivity index (χ2n) is 7.46. The molecule has 1 N–H and O–H groups in total. The van der Waals surface area contributed by atoms with Crippen LogP contribution in [0.2, 0.25) is 0 Å². The number of hydrogen-bond donors (Lipinski definition) is 1. The Bertz CT molecular complexity index is 420. The largest absolute Gasteiger partial charge is 0.309 e. The molecule has 0 aliphatic heterocycles. The Balaban J connectivity index is 1.94. The quantitative estimate of drug-likeness (QED) is 0.710. The molecule has 20 heavy (non-hydrogen) atoms. The van der Waals surface area contributed by atoms with Gasteiger partial charge in [-0.3, -0.25) is 0 Å². The lowest BCUT2D eigenvalue weighted by molar-refractivity contribution is 0.208. The molecule has 0 saturated carbocycles. The molecule has 112 valence electrons. The van der Waals surface area contributed by atoms with Gasteiger partial charge in [-0.1, -0.05) is 64.8 Å². The first-order chi connectivity index (χ1) is 9.50. The van der Waals surface area contributed by atoms with E-state index >= 15 is 0 Å². The van der Waals surface area contributed by atoms with Crippen molar-refractivity contribution in [2.75, 3.05) is 6.54 Å².